The van der Waals surface area contributed by atoms with Crippen molar-refractivity contribution in [3.8, 4) is 5.75 Å². The van der Waals surface area contributed by atoms with E-state index in [9.17, 15) is 23.2 Å². The van der Waals surface area contributed by atoms with Gasteiger partial charge in [-0.15, -0.1) is 0 Å². The SMILES string of the molecule is CC(C)N1C(=O)[C@@H](N(C(=O)Cc2cc(F)cc(F)c2)C(=O)[C@H](C)N)[C@@H](c2ccccc2)Oc2ccccc21. The van der Waals surface area contributed by atoms with E-state index >= 15 is 0 Å². The number of carbonyl (C=O) groups excluding carboxylic acids is 3. The molecule has 0 spiro atoms. The van der Waals surface area contributed by atoms with Gasteiger partial charge in [0.05, 0.1) is 18.2 Å². The first-order valence-electron chi connectivity index (χ1n) is 12.3. The molecular formula is C29H29F2N3O4. The lowest BCUT2D eigenvalue weighted by Crippen LogP contribution is -2.60. The van der Waals surface area contributed by atoms with Gasteiger partial charge in [0.25, 0.3) is 5.91 Å². The van der Waals surface area contributed by atoms with Crippen LogP contribution in [-0.4, -0.2) is 40.7 Å². The molecule has 3 aromatic carbocycles. The first kappa shape index (κ1) is 26.9. The average Bonchev–Trinajstić information content (AvgIpc) is 2.98. The average molecular weight is 522 g/mol. The van der Waals surface area contributed by atoms with Gasteiger partial charge in [0.1, 0.15) is 17.4 Å². The van der Waals surface area contributed by atoms with Crippen LogP contribution in [0.3, 0.4) is 0 Å². The summed E-state index contributed by atoms with van der Waals surface area (Å²) >= 11 is 0. The molecule has 0 radical (unpaired) electrons. The number of nitrogens with two attached hydrogens (primary N) is 1. The van der Waals surface area contributed by atoms with Gasteiger partial charge in [-0.05, 0) is 56.2 Å². The fourth-order valence-corrected chi connectivity index (χ4v) is 4.63. The van der Waals surface area contributed by atoms with E-state index in [1.165, 1.54) is 11.8 Å². The Labute approximate surface area is 219 Å². The molecule has 1 aliphatic heterocycles. The number of nitrogens with zero attached hydrogens (tertiary/aromatic N) is 2. The van der Waals surface area contributed by atoms with Crippen LogP contribution in [0.1, 0.15) is 38.0 Å². The number of rotatable bonds is 6. The molecule has 198 valence electrons. The van der Waals surface area contributed by atoms with Gasteiger partial charge in [0.15, 0.2) is 12.1 Å². The summed E-state index contributed by atoms with van der Waals surface area (Å²) in [4.78, 5) is 43.8. The van der Waals surface area contributed by atoms with Gasteiger partial charge in [-0.3, -0.25) is 19.3 Å². The maximum Gasteiger partial charge on any atom is 0.254 e. The number of anilines is 1. The Morgan fingerprint density at radius 2 is 1.58 bits per heavy atom. The molecule has 1 aliphatic rings. The first-order valence-corrected chi connectivity index (χ1v) is 12.3. The van der Waals surface area contributed by atoms with Crippen molar-refractivity contribution in [3.05, 3.63) is 95.6 Å². The number of carbonyl (C=O) groups is 3. The summed E-state index contributed by atoms with van der Waals surface area (Å²) in [6.07, 6.45) is -1.61. The number of benzene rings is 3. The molecule has 9 heteroatoms. The van der Waals surface area contributed by atoms with Gasteiger partial charge in [-0.1, -0.05) is 42.5 Å². The van der Waals surface area contributed by atoms with E-state index in [2.05, 4.69) is 0 Å². The second-order valence-electron chi connectivity index (χ2n) is 9.51. The highest BCUT2D eigenvalue weighted by Crippen LogP contribution is 2.40. The molecular weight excluding hydrogens is 492 g/mol. The number of imide groups is 1. The van der Waals surface area contributed by atoms with Gasteiger partial charge in [0, 0.05) is 12.1 Å². The molecule has 1 heterocycles. The predicted molar refractivity (Wildman–Crippen MR) is 138 cm³/mol. The lowest BCUT2D eigenvalue weighted by atomic mass is 9.97. The molecule has 7 nitrogen and oxygen atoms in total. The van der Waals surface area contributed by atoms with Gasteiger partial charge < -0.3 is 15.4 Å². The minimum atomic E-state index is -1.45. The van der Waals surface area contributed by atoms with Crippen LogP contribution < -0.4 is 15.4 Å². The number of amides is 3. The highest BCUT2D eigenvalue weighted by Gasteiger charge is 2.47. The largest absolute Gasteiger partial charge is 0.481 e. The maximum absolute atomic E-state index is 14.3. The molecule has 0 fully saturated rings. The number of para-hydroxylation sites is 2. The fourth-order valence-electron chi connectivity index (χ4n) is 4.63. The van der Waals surface area contributed by atoms with Crippen molar-refractivity contribution in [2.24, 2.45) is 5.73 Å². The van der Waals surface area contributed by atoms with E-state index in [0.29, 0.717) is 23.1 Å². The van der Waals surface area contributed by atoms with E-state index in [-0.39, 0.29) is 11.6 Å². The lowest BCUT2D eigenvalue weighted by Gasteiger charge is -2.36. The van der Waals surface area contributed by atoms with Crippen molar-refractivity contribution in [1.82, 2.24) is 4.90 Å². The molecule has 3 atom stereocenters. The highest BCUT2D eigenvalue weighted by atomic mass is 19.1. The molecule has 3 amide bonds. The van der Waals surface area contributed by atoms with Gasteiger partial charge in [-0.25, -0.2) is 8.78 Å². The molecule has 0 unspecified atom stereocenters. The Kier molecular flexibility index (Phi) is 7.87. The third kappa shape index (κ3) is 5.43. The van der Waals surface area contributed by atoms with E-state index in [1.54, 1.807) is 54.6 Å². The van der Waals surface area contributed by atoms with E-state index in [0.717, 1.165) is 17.0 Å². The van der Waals surface area contributed by atoms with Gasteiger partial charge in [-0.2, -0.15) is 0 Å². The number of halogens is 2. The second-order valence-corrected chi connectivity index (χ2v) is 9.51. The molecule has 0 aromatic heterocycles. The molecule has 0 saturated carbocycles. The minimum absolute atomic E-state index is 0.0113. The number of hydrogen-bond acceptors (Lipinski definition) is 5. The normalized spacial score (nSPS) is 17.9. The van der Waals surface area contributed by atoms with Crippen LogP contribution in [-0.2, 0) is 20.8 Å². The Balaban J connectivity index is 1.89. The Morgan fingerprint density at radius 1 is 0.974 bits per heavy atom. The summed E-state index contributed by atoms with van der Waals surface area (Å²) in [6.45, 7) is 5.02. The number of hydrogen-bond donors (Lipinski definition) is 1. The summed E-state index contributed by atoms with van der Waals surface area (Å²) in [5.41, 5.74) is 7.00. The summed E-state index contributed by atoms with van der Waals surface area (Å²) in [5.74, 6) is -3.53. The fraction of sp³-hybridized carbons (Fsp3) is 0.276. The van der Waals surface area contributed by atoms with Gasteiger partial charge >= 0.3 is 0 Å². The van der Waals surface area contributed by atoms with Crippen LogP contribution in [0.4, 0.5) is 14.5 Å². The van der Waals surface area contributed by atoms with Crippen LogP contribution in [0.15, 0.2) is 72.8 Å². The molecule has 0 bridgehead atoms. The zero-order chi connectivity index (χ0) is 27.6. The number of ether oxygens (including phenoxy) is 1. The second kappa shape index (κ2) is 11.1. The summed E-state index contributed by atoms with van der Waals surface area (Å²) in [6, 6.07) is 15.5. The Morgan fingerprint density at radius 3 is 2.18 bits per heavy atom. The summed E-state index contributed by atoms with van der Waals surface area (Å²) in [5, 5.41) is 0. The van der Waals surface area contributed by atoms with Crippen LogP contribution in [0, 0.1) is 11.6 Å². The minimum Gasteiger partial charge on any atom is -0.481 e. The molecule has 4 rings (SSSR count). The molecule has 0 aliphatic carbocycles. The lowest BCUT2D eigenvalue weighted by molar-refractivity contribution is -0.155. The van der Waals surface area contributed by atoms with E-state index in [4.69, 9.17) is 10.5 Å². The zero-order valence-electron chi connectivity index (χ0n) is 21.3. The van der Waals surface area contributed by atoms with Crippen LogP contribution in [0.25, 0.3) is 0 Å². The Bertz CT molecular complexity index is 1330. The molecule has 0 saturated heterocycles. The maximum atomic E-state index is 14.3. The van der Waals surface area contributed by atoms with Gasteiger partial charge in [0.2, 0.25) is 11.8 Å². The molecule has 3 aromatic rings. The molecule has 38 heavy (non-hydrogen) atoms. The van der Waals surface area contributed by atoms with Crippen molar-refractivity contribution in [1.29, 1.82) is 0 Å². The zero-order valence-corrected chi connectivity index (χ0v) is 21.3. The predicted octanol–water partition coefficient (Wildman–Crippen LogP) is 4.15. The Hall–Kier alpha value is -4.11. The van der Waals surface area contributed by atoms with Crippen molar-refractivity contribution < 1.29 is 27.9 Å². The monoisotopic (exact) mass is 521 g/mol. The smallest absolute Gasteiger partial charge is 0.254 e. The van der Waals surface area contributed by atoms with Crippen molar-refractivity contribution >= 4 is 23.4 Å². The standard InChI is InChI=1S/C29H29F2N3O4/c1-17(2)33-23-11-7-8-12-24(23)38-27(20-9-5-4-6-10-20)26(29(33)37)34(28(36)18(3)32)25(35)15-19-13-21(30)16-22(31)14-19/h4-14,16-18,26-27H,15,32H2,1-3H3/t18-,26-,27+/m0/s1. The highest BCUT2D eigenvalue weighted by molar-refractivity contribution is 6.08. The summed E-state index contributed by atoms with van der Waals surface area (Å²) in [7, 11) is 0. The van der Waals surface area contributed by atoms with Crippen molar-refractivity contribution in [2.45, 2.75) is 51.4 Å². The van der Waals surface area contributed by atoms with Crippen LogP contribution in [0.5, 0.6) is 5.75 Å². The third-order valence-corrected chi connectivity index (χ3v) is 6.25. The van der Waals surface area contributed by atoms with E-state index < -0.39 is 54.0 Å². The molecule has 2 N–H and O–H groups in total. The van der Waals surface area contributed by atoms with Crippen LogP contribution in [0.2, 0.25) is 0 Å². The topological polar surface area (TPSA) is 92.9 Å². The quantitative estimate of drug-likeness (QED) is 0.526. The first-order chi connectivity index (χ1) is 18.1. The summed E-state index contributed by atoms with van der Waals surface area (Å²) < 4.78 is 34.1. The third-order valence-electron chi connectivity index (χ3n) is 6.25. The van der Waals surface area contributed by atoms with Crippen molar-refractivity contribution in [3.63, 3.8) is 0 Å². The van der Waals surface area contributed by atoms with Crippen LogP contribution >= 0.6 is 0 Å². The van der Waals surface area contributed by atoms with E-state index in [1.807, 2.05) is 13.8 Å². The number of fused-ring (bicyclic) bond motifs is 1. The van der Waals surface area contributed by atoms with Crippen molar-refractivity contribution in [2.75, 3.05) is 4.90 Å².